The van der Waals surface area contributed by atoms with Crippen molar-refractivity contribution in [3.05, 3.63) is 29.8 Å². The molecular formula is C15H19FN4O. The van der Waals surface area contributed by atoms with Gasteiger partial charge in [-0.05, 0) is 43.5 Å². The molecule has 0 saturated heterocycles. The molecule has 1 fully saturated rings. The molecule has 0 atom stereocenters. The number of H-pyrrole nitrogens is 1. The Morgan fingerprint density at radius 1 is 1.43 bits per heavy atom. The molecule has 0 bridgehead atoms. The van der Waals surface area contributed by atoms with Crippen LogP contribution in [0, 0.1) is 11.7 Å². The van der Waals surface area contributed by atoms with Gasteiger partial charge in [-0.15, -0.1) is 0 Å². The van der Waals surface area contributed by atoms with Crippen LogP contribution in [0.1, 0.15) is 18.7 Å². The molecule has 112 valence electrons. The number of hydrogen-bond donors (Lipinski definition) is 3. The standard InChI is InChI=1S/C15H19FN4O/c16-11-3-4-12-13(7-11)20-14(19-12)5-6-18-15(21)9-17-8-10-1-2-10/h3-4,7,10,17H,1-2,5-6,8-9H2,(H,18,21)(H,19,20). The van der Waals surface area contributed by atoms with E-state index in [0.29, 0.717) is 25.0 Å². The summed E-state index contributed by atoms with van der Waals surface area (Å²) in [7, 11) is 0. The highest BCUT2D eigenvalue weighted by molar-refractivity contribution is 5.78. The third-order valence-corrected chi connectivity index (χ3v) is 3.59. The lowest BCUT2D eigenvalue weighted by atomic mass is 10.3. The van der Waals surface area contributed by atoms with Gasteiger partial charge in [-0.2, -0.15) is 0 Å². The number of rotatable bonds is 7. The van der Waals surface area contributed by atoms with Crippen LogP contribution < -0.4 is 10.6 Å². The minimum absolute atomic E-state index is 0.00203. The first kappa shape index (κ1) is 14.0. The Labute approximate surface area is 122 Å². The molecule has 2 aromatic rings. The number of halogens is 1. The summed E-state index contributed by atoms with van der Waals surface area (Å²) < 4.78 is 13.1. The van der Waals surface area contributed by atoms with Crippen molar-refractivity contribution in [3.8, 4) is 0 Å². The molecule has 0 spiro atoms. The van der Waals surface area contributed by atoms with E-state index in [1.165, 1.54) is 25.0 Å². The molecule has 0 aliphatic heterocycles. The lowest BCUT2D eigenvalue weighted by Gasteiger charge is -2.05. The molecule has 5 nitrogen and oxygen atoms in total. The van der Waals surface area contributed by atoms with Crippen molar-refractivity contribution in [2.75, 3.05) is 19.6 Å². The van der Waals surface area contributed by atoms with E-state index in [9.17, 15) is 9.18 Å². The number of fused-ring (bicyclic) bond motifs is 1. The number of nitrogens with one attached hydrogen (secondary N) is 3. The Bertz CT molecular complexity index is 636. The number of carbonyl (C=O) groups is 1. The Hall–Kier alpha value is -1.95. The minimum Gasteiger partial charge on any atom is -0.355 e. The van der Waals surface area contributed by atoms with Crippen LogP contribution in [0.3, 0.4) is 0 Å². The summed E-state index contributed by atoms with van der Waals surface area (Å²) in [5.74, 6) is 1.24. The van der Waals surface area contributed by atoms with Gasteiger partial charge in [0.25, 0.3) is 0 Å². The molecule has 0 unspecified atom stereocenters. The first-order chi connectivity index (χ1) is 10.2. The molecule has 1 aromatic carbocycles. The maximum atomic E-state index is 13.1. The molecular weight excluding hydrogens is 271 g/mol. The molecule has 6 heteroatoms. The number of nitrogens with zero attached hydrogens (tertiary/aromatic N) is 1. The SMILES string of the molecule is O=C(CNCC1CC1)NCCc1nc2ccc(F)cc2[nH]1. The first-order valence-electron chi connectivity index (χ1n) is 7.32. The summed E-state index contributed by atoms with van der Waals surface area (Å²) in [6.45, 7) is 1.82. The molecule has 1 heterocycles. The average molecular weight is 290 g/mol. The number of imidazole rings is 1. The van der Waals surface area contributed by atoms with E-state index in [-0.39, 0.29) is 11.7 Å². The van der Waals surface area contributed by atoms with Gasteiger partial charge >= 0.3 is 0 Å². The van der Waals surface area contributed by atoms with Gasteiger partial charge in [0.15, 0.2) is 0 Å². The van der Waals surface area contributed by atoms with Gasteiger partial charge in [0.05, 0.1) is 17.6 Å². The van der Waals surface area contributed by atoms with Gasteiger partial charge in [0, 0.05) is 13.0 Å². The van der Waals surface area contributed by atoms with E-state index in [1.807, 2.05) is 0 Å². The zero-order valence-electron chi connectivity index (χ0n) is 11.8. The predicted molar refractivity (Wildman–Crippen MR) is 78.4 cm³/mol. The van der Waals surface area contributed by atoms with Gasteiger partial charge in [-0.25, -0.2) is 9.37 Å². The highest BCUT2D eigenvalue weighted by atomic mass is 19.1. The molecule has 3 N–H and O–H groups in total. The van der Waals surface area contributed by atoms with Crippen LogP contribution in [0.2, 0.25) is 0 Å². The van der Waals surface area contributed by atoms with E-state index in [0.717, 1.165) is 23.8 Å². The maximum Gasteiger partial charge on any atom is 0.233 e. The van der Waals surface area contributed by atoms with Crippen LogP contribution in [0.4, 0.5) is 4.39 Å². The van der Waals surface area contributed by atoms with Gasteiger partial charge in [0.1, 0.15) is 11.6 Å². The minimum atomic E-state index is -0.285. The molecule has 21 heavy (non-hydrogen) atoms. The van der Waals surface area contributed by atoms with Crippen molar-refractivity contribution in [1.82, 2.24) is 20.6 Å². The van der Waals surface area contributed by atoms with E-state index < -0.39 is 0 Å². The van der Waals surface area contributed by atoms with Crippen molar-refractivity contribution >= 4 is 16.9 Å². The smallest absolute Gasteiger partial charge is 0.233 e. The largest absolute Gasteiger partial charge is 0.355 e. The van der Waals surface area contributed by atoms with E-state index in [4.69, 9.17) is 0 Å². The molecule has 1 amide bonds. The summed E-state index contributed by atoms with van der Waals surface area (Å²) in [5, 5.41) is 5.99. The van der Waals surface area contributed by atoms with E-state index in [2.05, 4.69) is 20.6 Å². The Kier molecular flexibility index (Phi) is 4.15. The van der Waals surface area contributed by atoms with Crippen molar-refractivity contribution in [1.29, 1.82) is 0 Å². The van der Waals surface area contributed by atoms with Gasteiger partial charge in [0.2, 0.25) is 5.91 Å². The molecule has 1 aromatic heterocycles. The van der Waals surface area contributed by atoms with Crippen LogP contribution in [-0.2, 0) is 11.2 Å². The fraction of sp³-hybridized carbons (Fsp3) is 0.467. The Morgan fingerprint density at radius 2 is 2.29 bits per heavy atom. The Balaban J connectivity index is 1.41. The number of amides is 1. The maximum absolute atomic E-state index is 13.1. The molecule has 3 rings (SSSR count). The van der Waals surface area contributed by atoms with Gasteiger partial charge in [-0.1, -0.05) is 0 Å². The van der Waals surface area contributed by atoms with E-state index in [1.54, 1.807) is 6.07 Å². The second-order valence-corrected chi connectivity index (χ2v) is 5.52. The summed E-state index contributed by atoms with van der Waals surface area (Å²) in [6.07, 6.45) is 3.16. The summed E-state index contributed by atoms with van der Waals surface area (Å²) >= 11 is 0. The second-order valence-electron chi connectivity index (χ2n) is 5.52. The van der Waals surface area contributed by atoms with E-state index >= 15 is 0 Å². The highest BCUT2D eigenvalue weighted by Gasteiger charge is 2.20. The van der Waals surface area contributed by atoms with Crippen LogP contribution in [0.25, 0.3) is 11.0 Å². The number of benzene rings is 1. The normalized spacial score (nSPS) is 14.5. The zero-order chi connectivity index (χ0) is 14.7. The van der Waals surface area contributed by atoms with Crippen LogP contribution >= 0.6 is 0 Å². The molecule has 1 saturated carbocycles. The van der Waals surface area contributed by atoms with Crippen LogP contribution in [-0.4, -0.2) is 35.5 Å². The zero-order valence-corrected chi connectivity index (χ0v) is 11.8. The highest BCUT2D eigenvalue weighted by Crippen LogP contribution is 2.27. The van der Waals surface area contributed by atoms with Crippen LogP contribution in [0.5, 0.6) is 0 Å². The predicted octanol–water partition coefficient (Wildman–Crippen LogP) is 1.36. The van der Waals surface area contributed by atoms with Crippen molar-refractivity contribution in [2.24, 2.45) is 5.92 Å². The van der Waals surface area contributed by atoms with Crippen molar-refractivity contribution in [3.63, 3.8) is 0 Å². The number of carbonyl (C=O) groups excluding carboxylic acids is 1. The molecule has 0 radical (unpaired) electrons. The fourth-order valence-electron chi connectivity index (χ4n) is 2.25. The third-order valence-electron chi connectivity index (χ3n) is 3.59. The summed E-state index contributed by atoms with van der Waals surface area (Å²) in [6, 6.07) is 4.46. The second kappa shape index (κ2) is 6.22. The average Bonchev–Trinajstić information content (AvgIpc) is 3.18. The molecule has 1 aliphatic carbocycles. The topological polar surface area (TPSA) is 69.8 Å². The monoisotopic (exact) mass is 290 g/mol. The fourth-order valence-corrected chi connectivity index (χ4v) is 2.25. The van der Waals surface area contributed by atoms with Crippen molar-refractivity contribution in [2.45, 2.75) is 19.3 Å². The third kappa shape index (κ3) is 4.01. The molecule has 1 aliphatic rings. The number of aromatic nitrogens is 2. The number of aromatic amines is 1. The van der Waals surface area contributed by atoms with Gasteiger partial charge < -0.3 is 15.6 Å². The van der Waals surface area contributed by atoms with Crippen LogP contribution in [0.15, 0.2) is 18.2 Å². The lowest BCUT2D eigenvalue weighted by molar-refractivity contribution is -0.120. The summed E-state index contributed by atoms with van der Waals surface area (Å²) in [5.41, 5.74) is 1.42. The summed E-state index contributed by atoms with van der Waals surface area (Å²) in [4.78, 5) is 19.0. The quantitative estimate of drug-likeness (QED) is 0.721. The Morgan fingerprint density at radius 3 is 3.10 bits per heavy atom. The lowest BCUT2D eigenvalue weighted by Crippen LogP contribution is -2.35. The number of hydrogen-bond acceptors (Lipinski definition) is 3. The van der Waals surface area contributed by atoms with Gasteiger partial charge in [-0.3, -0.25) is 4.79 Å². The van der Waals surface area contributed by atoms with Crippen molar-refractivity contribution < 1.29 is 9.18 Å². The first-order valence-corrected chi connectivity index (χ1v) is 7.32.